The summed E-state index contributed by atoms with van der Waals surface area (Å²) in [4.78, 5) is 29.5. The molecule has 0 saturated heterocycles. The first-order chi connectivity index (χ1) is 21.5. The molecular formula is C35H37ClFN3O4S. The first-order valence-corrected chi connectivity index (χ1v) is 16.5. The quantitative estimate of drug-likeness (QED) is 0.178. The number of nitrogens with zero attached hydrogens (tertiary/aromatic N) is 2. The number of aryl methyl sites for hydroxylation is 1. The molecule has 0 aliphatic carbocycles. The molecule has 0 heterocycles. The zero-order valence-corrected chi connectivity index (χ0v) is 27.1. The van der Waals surface area contributed by atoms with Gasteiger partial charge in [-0.3, -0.25) is 13.9 Å². The van der Waals surface area contributed by atoms with E-state index >= 15 is 4.39 Å². The summed E-state index contributed by atoms with van der Waals surface area (Å²) in [7, 11) is -4.27. The van der Waals surface area contributed by atoms with E-state index in [9.17, 15) is 18.0 Å². The van der Waals surface area contributed by atoms with Gasteiger partial charge in [-0.15, -0.1) is 0 Å². The maximum absolute atomic E-state index is 15.0. The smallest absolute Gasteiger partial charge is 0.264 e. The molecule has 1 N–H and O–H groups in total. The summed E-state index contributed by atoms with van der Waals surface area (Å²) in [6.45, 7) is 4.72. The maximum atomic E-state index is 15.0. The fraction of sp³-hybridized carbons (Fsp3) is 0.257. The number of sulfonamides is 1. The Hall–Kier alpha value is -4.21. The summed E-state index contributed by atoms with van der Waals surface area (Å²) in [5.74, 6) is -1.63. The highest BCUT2D eigenvalue weighted by Crippen LogP contribution is 2.27. The lowest BCUT2D eigenvalue weighted by Crippen LogP contribution is -2.54. The first-order valence-electron chi connectivity index (χ1n) is 14.7. The summed E-state index contributed by atoms with van der Waals surface area (Å²) in [5.41, 5.74) is 2.04. The molecule has 4 aromatic rings. The number of anilines is 1. The molecule has 2 amide bonds. The molecule has 0 unspecified atom stereocenters. The molecule has 0 aromatic heterocycles. The molecule has 0 spiro atoms. The van der Waals surface area contributed by atoms with E-state index in [0.717, 1.165) is 15.4 Å². The minimum Gasteiger partial charge on any atom is -0.352 e. The van der Waals surface area contributed by atoms with Gasteiger partial charge in [0.25, 0.3) is 10.0 Å². The molecule has 0 aliphatic rings. The lowest BCUT2D eigenvalue weighted by atomic mass is 10.0. The van der Waals surface area contributed by atoms with Crippen LogP contribution in [0, 0.1) is 12.7 Å². The zero-order chi connectivity index (χ0) is 32.6. The number of rotatable bonds is 13. The van der Waals surface area contributed by atoms with Crippen molar-refractivity contribution in [2.24, 2.45) is 0 Å². The van der Waals surface area contributed by atoms with Crippen LogP contribution in [0.15, 0.2) is 108 Å². The van der Waals surface area contributed by atoms with Crippen LogP contribution < -0.4 is 9.62 Å². The number of carbonyl (C=O) groups excluding carboxylic acids is 2. The van der Waals surface area contributed by atoms with Crippen molar-refractivity contribution < 1.29 is 22.4 Å². The second-order valence-corrected chi connectivity index (χ2v) is 13.2. The summed E-state index contributed by atoms with van der Waals surface area (Å²) in [6, 6.07) is 26.4. The minimum atomic E-state index is -4.27. The molecule has 4 rings (SSSR count). The van der Waals surface area contributed by atoms with Crippen molar-refractivity contribution in [2.45, 2.75) is 57.1 Å². The Morgan fingerprint density at radius 2 is 1.58 bits per heavy atom. The molecule has 7 nitrogen and oxygen atoms in total. The normalized spacial score (nSPS) is 12.6. The van der Waals surface area contributed by atoms with E-state index in [1.807, 2.05) is 57.2 Å². The van der Waals surface area contributed by atoms with E-state index in [1.165, 1.54) is 35.2 Å². The second kappa shape index (κ2) is 15.2. The van der Waals surface area contributed by atoms with Gasteiger partial charge in [0.15, 0.2) is 0 Å². The Labute approximate surface area is 269 Å². The number of carbonyl (C=O) groups is 2. The van der Waals surface area contributed by atoms with Gasteiger partial charge in [-0.2, -0.15) is 0 Å². The zero-order valence-electron chi connectivity index (χ0n) is 25.5. The topological polar surface area (TPSA) is 86.8 Å². The standard InChI is InChI=1S/C35H37ClFN3O4S/c1-4-26(3)38-35(42)33(22-27-12-6-5-7-13-27)39(23-28-14-8-9-16-32(28)37)34(41)24-40(30-15-10-11-25(2)21-30)45(43,44)31-19-17-29(36)18-20-31/h5-21,26,33H,4,22-24H2,1-3H3,(H,38,42)/t26-,33+/m1/s1. The van der Waals surface area contributed by atoms with Crippen molar-refractivity contribution in [3.8, 4) is 0 Å². The van der Waals surface area contributed by atoms with Crippen molar-refractivity contribution in [3.05, 3.63) is 131 Å². The third-order valence-electron chi connectivity index (χ3n) is 7.54. The lowest BCUT2D eigenvalue weighted by Gasteiger charge is -2.34. The molecule has 0 fully saturated rings. The largest absolute Gasteiger partial charge is 0.352 e. The predicted molar refractivity (Wildman–Crippen MR) is 176 cm³/mol. The van der Waals surface area contributed by atoms with E-state index < -0.39 is 40.2 Å². The monoisotopic (exact) mass is 649 g/mol. The minimum absolute atomic E-state index is 0.0581. The number of hydrogen-bond donors (Lipinski definition) is 1. The number of amides is 2. The van der Waals surface area contributed by atoms with Gasteiger partial charge >= 0.3 is 0 Å². The molecule has 0 saturated carbocycles. The van der Waals surface area contributed by atoms with Crippen LogP contribution in [0.3, 0.4) is 0 Å². The molecule has 10 heteroatoms. The number of hydrogen-bond acceptors (Lipinski definition) is 4. The molecule has 0 bridgehead atoms. The summed E-state index contributed by atoms with van der Waals surface area (Å²) < 4.78 is 44.2. The molecule has 0 radical (unpaired) electrons. The summed E-state index contributed by atoms with van der Waals surface area (Å²) in [5, 5.41) is 3.33. The van der Waals surface area contributed by atoms with E-state index in [1.54, 1.807) is 36.4 Å². The molecule has 236 valence electrons. The molecular weight excluding hydrogens is 613 g/mol. The summed E-state index contributed by atoms with van der Waals surface area (Å²) in [6.07, 6.45) is 0.795. The van der Waals surface area contributed by atoms with Gasteiger partial charge in [0.2, 0.25) is 11.8 Å². The van der Waals surface area contributed by atoms with Crippen molar-refractivity contribution in [3.63, 3.8) is 0 Å². The van der Waals surface area contributed by atoms with Crippen LogP contribution in [0.5, 0.6) is 0 Å². The Morgan fingerprint density at radius 3 is 2.22 bits per heavy atom. The Balaban J connectivity index is 1.82. The van der Waals surface area contributed by atoms with Crippen LogP contribution in [-0.4, -0.2) is 43.8 Å². The predicted octanol–water partition coefficient (Wildman–Crippen LogP) is 6.54. The van der Waals surface area contributed by atoms with Crippen LogP contribution in [0.25, 0.3) is 0 Å². The highest BCUT2D eigenvalue weighted by Gasteiger charge is 2.35. The third kappa shape index (κ3) is 8.71. The molecule has 4 aromatic carbocycles. The van der Waals surface area contributed by atoms with Gasteiger partial charge in [0.1, 0.15) is 18.4 Å². The molecule has 45 heavy (non-hydrogen) atoms. The SMILES string of the molecule is CC[C@@H](C)NC(=O)[C@H](Cc1ccccc1)N(Cc1ccccc1F)C(=O)CN(c1cccc(C)c1)S(=O)(=O)c1ccc(Cl)cc1. The highest BCUT2D eigenvalue weighted by molar-refractivity contribution is 7.92. The highest BCUT2D eigenvalue weighted by atomic mass is 35.5. The average molecular weight is 650 g/mol. The first kappa shape index (κ1) is 33.7. The van der Waals surface area contributed by atoms with E-state index in [0.29, 0.717) is 11.4 Å². The fourth-order valence-electron chi connectivity index (χ4n) is 4.85. The second-order valence-electron chi connectivity index (χ2n) is 10.9. The Kier molecular flexibility index (Phi) is 11.4. The maximum Gasteiger partial charge on any atom is 0.264 e. The van der Waals surface area contributed by atoms with Gasteiger partial charge in [-0.1, -0.05) is 79.2 Å². The van der Waals surface area contributed by atoms with E-state index in [2.05, 4.69) is 5.32 Å². The van der Waals surface area contributed by atoms with Crippen LogP contribution in [-0.2, 0) is 32.6 Å². The summed E-state index contributed by atoms with van der Waals surface area (Å²) >= 11 is 6.03. The fourth-order valence-corrected chi connectivity index (χ4v) is 6.38. The van der Waals surface area contributed by atoms with E-state index in [4.69, 9.17) is 11.6 Å². The van der Waals surface area contributed by atoms with Gasteiger partial charge in [0.05, 0.1) is 10.6 Å². The van der Waals surface area contributed by atoms with Gasteiger partial charge in [-0.05, 0) is 73.9 Å². The average Bonchev–Trinajstić information content (AvgIpc) is 3.02. The van der Waals surface area contributed by atoms with Crippen LogP contribution in [0.4, 0.5) is 10.1 Å². The lowest BCUT2D eigenvalue weighted by molar-refractivity contribution is -0.140. The van der Waals surface area contributed by atoms with Gasteiger partial charge in [0, 0.05) is 29.6 Å². The third-order valence-corrected chi connectivity index (χ3v) is 9.58. The van der Waals surface area contributed by atoms with Gasteiger partial charge in [-0.25, -0.2) is 12.8 Å². The molecule has 2 atom stereocenters. The Bertz CT molecular complexity index is 1720. The van der Waals surface area contributed by atoms with Crippen LogP contribution in [0.2, 0.25) is 5.02 Å². The van der Waals surface area contributed by atoms with Crippen molar-refractivity contribution in [2.75, 3.05) is 10.8 Å². The van der Waals surface area contributed by atoms with Crippen LogP contribution in [0.1, 0.15) is 37.0 Å². The number of nitrogens with one attached hydrogen (secondary N) is 1. The van der Waals surface area contributed by atoms with Crippen molar-refractivity contribution in [1.29, 1.82) is 0 Å². The molecule has 0 aliphatic heterocycles. The van der Waals surface area contributed by atoms with Crippen LogP contribution >= 0.6 is 11.6 Å². The number of benzene rings is 4. The van der Waals surface area contributed by atoms with E-state index in [-0.39, 0.29) is 35.2 Å². The Morgan fingerprint density at radius 1 is 0.911 bits per heavy atom. The van der Waals surface area contributed by atoms with Crippen molar-refractivity contribution in [1.82, 2.24) is 10.2 Å². The number of halogens is 2. The van der Waals surface area contributed by atoms with Crippen molar-refractivity contribution >= 4 is 39.1 Å². The van der Waals surface area contributed by atoms with Gasteiger partial charge < -0.3 is 10.2 Å².